The van der Waals surface area contributed by atoms with Crippen molar-refractivity contribution in [3.8, 4) is 11.3 Å². The number of aldehydes is 1. The Kier molecular flexibility index (Phi) is 2.92. The van der Waals surface area contributed by atoms with Crippen LogP contribution in [0.3, 0.4) is 0 Å². The standard InChI is InChI=1S/C12H11NOS/c1-2-10-12(13-11(8-14)15-10)9-6-4-3-5-7-9/h3-8H,2H2,1H3. The molecule has 2 nitrogen and oxygen atoms in total. The van der Waals surface area contributed by atoms with E-state index in [2.05, 4.69) is 11.9 Å². The molecule has 1 aromatic carbocycles. The van der Waals surface area contributed by atoms with Gasteiger partial charge < -0.3 is 0 Å². The summed E-state index contributed by atoms with van der Waals surface area (Å²) in [6.07, 6.45) is 1.73. The molecule has 0 fully saturated rings. The van der Waals surface area contributed by atoms with Crippen molar-refractivity contribution < 1.29 is 4.79 Å². The minimum atomic E-state index is 0.561. The van der Waals surface area contributed by atoms with Gasteiger partial charge in [0.15, 0.2) is 11.3 Å². The molecule has 0 unspecified atom stereocenters. The van der Waals surface area contributed by atoms with E-state index in [1.807, 2.05) is 30.3 Å². The van der Waals surface area contributed by atoms with Crippen LogP contribution in [0, 0.1) is 0 Å². The van der Waals surface area contributed by atoms with Crippen molar-refractivity contribution in [1.29, 1.82) is 0 Å². The van der Waals surface area contributed by atoms with Crippen molar-refractivity contribution >= 4 is 17.6 Å². The first kappa shape index (κ1) is 10.1. The molecule has 0 spiro atoms. The van der Waals surface area contributed by atoms with Crippen LogP contribution in [0.2, 0.25) is 0 Å². The van der Waals surface area contributed by atoms with Crippen molar-refractivity contribution in [2.24, 2.45) is 0 Å². The highest BCUT2D eigenvalue weighted by atomic mass is 32.1. The first-order valence-corrected chi connectivity index (χ1v) is 5.67. The number of aryl methyl sites for hydroxylation is 1. The lowest BCUT2D eigenvalue weighted by Gasteiger charge is -1.98. The number of carbonyl (C=O) groups excluding carboxylic acids is 1. The highest BCUT2D eigenvalue weighted by Crippen LogP contribution is 2.27. The summed E-state index contributed by atoms with van der Waals surface area (Å²) in [5.74, 6) is 0. The van der Waals surface area contributed by atoms with Gasteiger partial charge in [0.05, 0.1) is 5.69 Å². The van der Waals surface area contributed by atoms with E-state index < -0.39 is 0 Å². The molecular weight excluding hydrogens is 206 g/mol. The van der Waals surface area contributed by atoms with Gasteiger partial charge in [-0.2, -0.15) is 0 Å². The molecule has 2 rings (SSSR count). The molecule has 0 bridgehead atoms. The number of nitrogens with zero attached hydrogens (tertiary/aromatic N) is 1. The molecule has 15 heavy (non-hydrogen) atoms. The van der Waals surface area contributed by atoms with E-state index >= 15 is 0 Å². The maximum Gasteiger partial charge on any atom is 0.178 e. The number of aromatic nitrogens is 1. The Morgan fingerprint density at radius 1 is 1.33 bits per heavy atom. The second-order valence-corrected chi connectivity index (χ2v) is 4.28. The Bertz CT molecular complexity index is 462. The maximum absolute atomic E-state index is 10.7. The zero-order valence-corrected chi connectivity index (χ0v) is 9.25. The van der Waals surface area contributed by atoms with Gasteiger partial charge in [0.1, 0.15) is 0 Å². The fourth-order valence-corrected chi connectivity index (χ4v) is 2.32. The Labute approximate surface area is 92.6 Å². The molecule has 2 aromatic rings. The van der Waals surface area contributed by atoms with Gasteiger partial charge >= 0.3 is 0 Å². The highest BCUT2D eigenvalue weighted by Gasteiger charge is 2.10. The third kappa shape index (κ3) is 1.97. The predicted octanol–water partition coefficient (Wildman–Crippen LogP) is 3.19. The number of carbonyl (C=O) groups is 1. The Morgan fingerprint density at radius 3 is 2.67 bits per heavy atom. The van der Waals surface area contributed by atoms with Gasteiger partial charge in [0, 0.05) is 10.4 Å². The van der Waals surface area contributed by atoms with Gasteiger partial charge in [-0.15, -0.1) is 11.3 Å². The van der Waals surface area contributed by atoms with Crippen molar-refractivity contribution in [2.75, 3.05) is 0 Å². The normalized spacial score (nSPS) is 10.2. The number of thiazole rings is 1. The van der Waals surface area contributed by atoms with E-state index in [1.165, 1.54) is 16.2 Å². The summed E-state index contributed by atoms with van der Waals surface area (Å²) in [7, 11) is 0. The lowest BCUT2D eigenvalue weighted by molar-refractivity contribution is 0.112. The zero-order chi connectivity index (χ0) is 10.7. The Hall–Kier alpha value is -1.48. The van der Waals surface area contributed by atoms with Gasteiger partial charge in [-0.05, 0) is 6.42 Å². The first-order valence-electron chi connectivity index (χ1n) is 4.85. The lowest BCUT2D eigenvalue weighted by Crippen LogP contribution is -1.83. The van der Waals surface area contributed by atoms with Crippen LogP contribution in [0.4, 0.5) is 0 Å². The van der Waals surface area contributed by atoms with Crippen LogP contribution in [-0.4, -0.2) is 11.3 Å². The summed E-state index contributed by atoms with van der Waals surface area (Å²) in [4.78, 5) is 16.2. The predicted molar refractivity (Wildman–Crippen MR) is 62.3 cm³/mol. The quantitative estimate of drug-likeness (QED) is 0.739. The monoisotopic (exact) mass is 217 g/mol. The Balaban J connectivity index is 2.52. The smallest absolute Gasteiger partial charge is 0.178 e. The molecule has 0 aliphatic carbocycles. The Morgan fingerprint density at radius 2 is 2.07 bits per heavy atom. The zero-order valence-electron chi connectivity index (χ0n) is 8.43. The van der Waals surface area contributed by atoms with Gasteiger partial charge in [0.2, 0.25) is 0 Å². The summed E-state index contributed by atoms with van der Waals surface area (Å²) < 4.78 is 0. The number of hydrogen-bond acceptors (Lipinski definition) is 3. The third-order valence-corrected chi connectivity index (χ3v) is 3.31. The molecule has 0 saturated carbocycles. The number of benzene rings is 1. The minimum Gasteiger partial charge on any atom is -0.295 e. The summed E-state index contributed by atoms with van der Waals surface area (Å²) >= 11 is 1.48. The minimum absolute atomic E-state index is 0.561. The third-order valence-electron chi connectivity index (χ3n) is 2.18. The molecular formula is C12H11NOS. The highest BCUT2D eigenvalue weighted by molar-refractivity contribution is 7.13. The topological polar surface area (TPSA) is 30.0 Å². The molecule has 0 amide bonds. The van der Waals surface area contributed by atoms with Crippen molar-refractivity contribution in [1.82, 2.24) is 4.98 Å². The second kappa shape index (κ2) is 4.36. The van der Waals surface area contributed by atoms with Crippen LogP contribution in [0.25, 0.3) is 11.3 Å². The lowest BCUT2D eigenvalue weighted by atomic mass is 10.1. The van der Waals surface area contributed by atoms with E-state index in [-0.39, 0.29) is 0 Å². The van der Waals surface area contributed by atoms with Crippen LogP contribution in [0.15, 0.2) is 30.3 Å². The SMILES string of the molecule is CCc1sc(C=O)nc1-c1ccccc1. The van der Waals surface area contributed by atoms with E-state index in [4.69, 9.17) is 0 Å². The van der Waals surface area contributed by atoms with Gasteiger partial charge in [-0.3, -0.25) is 4.79 Å². The summed E-state index contributed by atoms with van der Waals surface area (Å²) in [5, 5.41) is 0.561. The molecule has 0 N–H and O–H groups in total. The average Bonchev–Trinajstić information content (AvgIpc) is 2.73. The van der Waals surface area contributed by atoms with E-state index in [0.29, 0.717) is 5.01 Å². The summed E-state index contributed by atoms with van der Waals surface area (Å²) in [6.45, 7) is 2.08. The van der Waals surface area contributed by atoms with Crippen LogP contribution in [0.5, 0.6) is 0 Å². The summed E-state index contributed by atoms with van der Waals surface area (Å²) in [5.41, 5.74) is 2.03. The van der Waals surface area contributed by atoms with Crippen molar-refractivity contribution in [2.45, 2.75) is 13.3 Å². The molecule has 0 aliphatic heterocycles. The van der Waals surface area contributed by atoms with Crippen LogP contribution < -0.4 is 0 Å². The summed E-state index contributed by atoms with van der Waals surface area (Å²) in [6, 6.07) is 9.97. The second-order valence-electron chi connectivity index (χ2n) is 3.16. The number of rotatable bonds is 3. The average molecular weight is 217 g/mol. The van der Waals surface area contributed by atoms with Crippen LogP contribution >= 0.6 is 11.3 Å². The fraction of sp³-hybridized carbons (Fsp3) is 0.167. The molecule has 1 aromatic heterocycles. The largest absolute Gasteiger partial charge is 0.295 e. The van der Waals surface area contributed by atoms with E-state index in [9.17, 15) is 4.79 Å². The van der Waals surface area contributed by atoms with Gasteiger partial charge in [-0.25, -0.2) is 4.98 Å². The van der Waals surface area contributed by atoms with Gasteiger partial charge in [-0.1, -0.05) is 37.3 Å². The molecule has 0 aliphatic rings. The molecule has 1 heterocycles. The molecule has 0 radical (unpaired) electrons. The van der Waals surface area contributed by atoms with E-state index in [0.717, 1.165) is 24.0 Å². The van der Waals surface area contributed by atoms with Gasteiger partial charge in [0.25, 0.3) is 0 Å². The molecule has 0 atom stereocenters. The molecule has 0 saturated heterocycles. The van der Waals surface area contributed by atoms with Crippen molar-refractivity contribution in [3.63, 3.8) is 0 Å². The first-order chi connectivity index (χ1) is 7.35. The van der Waals surface area contributed by atoms with E-state index in [1.54, 1.807) is 0 Å². The van der Waals surface area contributed by atoms with Crippen LogP contribution in [0.1, 0.15) is 21.6 Å². The fourth-order valence-electron chi connectivity index (χ4n) is 1.48. The van der Waals surface area contributed by atoms with Crippen molar-refractivity contribution in [3.05, 3.63) is 40.2 Å². The maximum atomic E-state index is 10.7. The van der Waals surface area contributed by atoms with Crippen LogP contribution in [-0.2, 0) is 6.42 Å². The number of hydrogen-bond donors (Lipinski definition) is 0. The molecule has 76 valence electrons. The molecule has 3 heteroatoms.